The van der Waals surface area contributed by atoms with Crippen LogP contribution in [0.2, 0.25) is 0 Å². The van der Waals surface area contributed by atoms with Crippen LogP contribution < -0.4 is 0 Å². The molecule has 1 fully saturated rings. The monoisotopic (exact) mass is 100 g/mol. The van der Waals surface area contributed by atoms with E-state index in [0.717, 1.165) is 6.42 Å². The Kier molecular flexibility index (Phi) is 0.782. The van der Waals surface area contributed by atoms with Gasteiger partial charge in [-0.15, -0.1) is 23.9 Å². The third-order valence-electron chi connectivity index (χ3n) is 0.927. The molecule has 0 heterocycles. The van der Waals surface area contributed by atoms with Crippen LogP contribution >= 0.6 is 11.6 Å². The van der Waals surface area contributed by atoms with Crippen molar-refractivity contribution in [3.63, 3.8) is 0 Å². The van der Waals surface area contributed by atoms with Gasteiger partial charge in [0.2, 0.25) is 0 Å². The fourth-order valence-corrected chi connectivity index (χ4v) is 0.601. The molecule has 0 aromatic rings. The van der Waals surface area contributed by atoms with E-state index < -0.39 is 0 Å². The zero-order valence-electron chi connectivity index (χ0n) is 3.32. The Morgan fingerprint density at radius 1 is 1.83 bits per heavy atom. The third-order valence-corrected chi connectivity index (χ3v) is 1.41. The van der Waals surface area contributed by atoms with Crippen molar-refractivity contribution in [2.45, 2.75) is 11.8 Å². The number of halogens is 1. The first kappa shape index (κ1) is 4.02. The van der Waals surface area contributed by atoms with Gasteiger partial charge in [-0.3, -0.25) is 0 Å². The van der Waals surface area contributed by atoms with E-state index in [1.54, 1.807) is 0 Å². The molecule has 1 saturated carbocycles. The summed E-state index contributed by atoms with van der Waals surface area (Å²) in [5, 5.41) is 0.301. The number of terminal acetylenes is 1. The lowest BCUT2D eigenvalue weighted by Crippen LogP contribution is -1.66. The Morgan fingerprint density at radius 3 is 2.33 bits per heavy atom. The van der Waals surface area contributed by atoms with E-state index in [2.05, 4.69) is 5.92 Å². The molecule has 2 atom stereocenters. The van der Waals surface area contributed by atoms with Crippen LogP contribution in [0.5, 0.6) is 0 Å². The molecule has 0 radical (unpaired) electrons. The summed E-state index contributed by atoms with van der Waals surface area (Å²) < 4.78 is 0. The molecule has 32 valence electrons. The maximum Gasteiger partial charge on any atom is 0.0486 e. The summed E-state index contributed by atoms with van der Waals surface area (Å²) in [7, 11) is 0. The molecule has 0 unspecified atom stereocenters. The van der Waals surface area contributed by atoms with Gasteiger partial charge in [0.25, 0.3) is 0 Å². The molecular formula is C5H5Cl. The van der Waals surface area contributed by atoms with Crippen molar-refractivity contribution in [3.05, 3.63) is 0 Å². The summed E-state index contributed by atoms with van der Waals surface area (Å²) in [6, 6.07) is 0. The largest absolute Gasteiger partial charge is 0.122 e. The van der Waals surface area contributed by atoms with Gasteiger partial charge in [-0.1, -0.05) is 0 Å². The molecule has 0 N–H and O–H groups in total. The molecule has 0 bridgehead atoms. The molecule has 0 spiro atoms. The van der Waals surface area contributed by atoms with Crippen LogP contribution in [-0.2, 0) is 0 Å². The number of hydrogen-bond acceptors (Lipinski definition) is 0. The van der Waals surface area contributed by atoms with Crippen LogP contribution in [-0.4, -0.2) is 5.38 Å². The zero-order chi connectivity index (χ0) is 4.57. The predicted octanol–water partition coefficient (Wildman–Crippen LogP) is 1.25. The minimum Gasteiger partial charge on any atom is -0.122 e. The predicted molar refractivity (Wildman–Crippen MR) is 26.6 cm³/mol. The van der Waals surface area contributed by atoms with Crippen LogP contribution in [0.25, 0.3) is 0 Å². The number of rotatable bonds is 0. The van der Waals surface area contributed by atoms with E-state index in [-0.39, 0.29) is 0 Å². The maximum absolute atomic E-state index is 5.51. The second-order valence-corrected chi connectivity index (χ2v) is 2.09. The van der Waals surface area contributed by atoms with E-state index in [1.807, 2.05) is 0 Å². The first-order chi connectivity index (χ1) is 2.84. The van der Waals surface area contributed by atoms with E-state index in [9.17, 15) is 0 Å². The molecule has 1 heteroatoms. The fourth-order valence-electron chi connectivity index (χ4n) is 0.336. The highest BCUT2D eigenvalue weighted by Crippen LogP contribution is 2.34. The lowest BCUT2D eigenvalue weighted by Gasteiger charge is -1.66. The average Bonchev–Trinajstić information content (AvgIpc) is 2.19. The molecule has 0 aromatic carbocycles. The van der Waals surface area contributed by atoms with Gasteiger partial charge < -0.3 is 0 Å². The highest BCUT2D eigenvalue weighted by molar-refractivity contribution is 6.22. The molecule has 0 amide bonds. The van der Waals surface area contributed by atoms with Gasteiger partial charge >= 0.3 is 0 Å². The first-order valence-corrected chi connectivity index (χ1v) is 2.38. The van der Waals surface area contributed by atoms with Gasteiger partial charge in [0, 0.05) is 11.3 Å². The topological polar surface area (TPSA) is 0 Å². The van der Waals surface area contributed by atoms with Crippen molar-refractivity contribution >= 4 is 11.6 Å². The van der Waals surface area contributed by atoms with Gasteiger partial charge in [0.15, 0.2) is 0 Å². The van der Waals surface area contributed by atoms with Crippen molar-refractivity contribution in [3.8, 4) is 12.3 Å². The maximum atomic E-state index is 5.51. The third kappa shape index (κ3) is 0.507. The Balaban J connectivity index is 2.31. The molecule has 1 aliphatic carbocycles. The van der Waals surface area contributed by atoms with E-state index in [1.165, 1.54) is 0 Å². The highest BCUT2D eigenvalue weighted by atomic mass is 35.5. The Labute approximate surface area is 42.5 Å². The minimum absolute atomic E-state index is 0.301. The second-order valence-electron chi connectivity index (χ2n) is 1.52. The molecule has 0 nitrogen and oxygen atoms in total. The van der Waals surface area contributed by atoms with Gasteiger partial charge in [-0.05, 0) is 6.42 Å². The Bertz CT molecular complexity index is 90.6. The summed E-state index contributed by atoms with van der Waals surface area (Å²) in [5.74, 6) is 2.95. The van der Waals surface area contributed by atoms with Gasteiger partial charge in [-0.25, -0.2) is 0 Å². The van der Waals surface area contributed by atoms with E-state index >= 15 is 0 Å². The highest BCUT2D eigenvalue weighted by Gasteiger charge is 2.32. The molecule has 1 rings (SSSR count). The molecule has 6 heavy (non-hydrogen) atoms. The summed E-state index contributed by atoms with van der Waals surface area (Å²) in [6.45, 7) is 0. The van der Waals surface area contributed by atoms with Crippen LogP contribution in [0.4, 0.5) is 0 Å². The van der Waals surface area contributed by atoms with Crippen molar-refractivity contribution in [1.29, 1.82) is 0 Å². The fraction of sp³-hybridized carbons (Fsp3) is 0.600. The van der Waals surface area contributed by atoms with E-state index in [4.69, 9.17) is 18.0 Å². The second kappa shape index (κ2) is 1.17. The van der Waals surface area contributed by atoms with Crippen molar-refractivity contribution in [2.75, 3.05) is 0 Å². The van der Waals surface area contributed by atoms with Crippen molar-refractivity contribution in [2.24, 2.45) is 5.92 Å². The SMILES string of the molecule is C#C[C@H]1C[C@H]1Cl. The van der Waals surface area contributed by atoms with Crippen molar-refractivity contribution < 1.29 is 0 Å². The summed E-state index contributed by atoms with van der Waals surface area (Å²) in [4.78, 5) is 0. The van der Waals surface area contributed by atoms with Crippen molar-refractivity contribution in [1.82, 2.24) is 0 Å². The quantitative estimate of drug-likeness (QED) is 0.318. The molecule has 0 saturated heterocycles. The first-order valence-electron chi connectivity index (χ1n) is 1.95. The summed E-state index contributed by atoms with van der Waals surface area (Å²) in [5.41, 5.74) is 0. The van der Waals surface area contributed by atoms with Crippen LogP contribution in [0.3, 0.4) is 0 Å². The average molecular weight is 101 g/mol. The molecule has 0 aromatic heterocycles. The smallest absolute Gasteiger partial charge is 0.0486 e. The van der Waals surface area contributed by atoms with Crippen LogP contribution in [0.1, 0.15) is 6.42 Å². The lowest BCUT2D eigenvalue weighted by atomic mass is 10.5. The summed E-state index contributed by atoms with van der Waals surface area (Å²) in [6.07, 6.45) is 6.02. The minimum atomic E-state index is 0.301. The standard InChI is InChI=1S/C5H5Cl/c1-2-4-3-5(4)6/h1,4-5H,3H2/t4-,5+/m0/s1. The lowest BCUT2D eigenvalue weighted by molar-refractivity contribution is 1.19. The van der Waals surface area contributed by atoms with E-state index in [0.29, 0.717) is 11.3 Å². The number of hydrogen-bond donors (Lipinski definition) is 0. The zero-order valence-corrected chi connectivity index (χ0v) is 4.07. The molecule has 0 aliphatic heterocycles. The molecular weight excluding hydrogens is 95.5 g/mol. The Hall–Kier alpha value is -0.150. The van der Waals surface area contributed by atoms with Crippen LogP contribution in [0.15, 0.2) is 0 Å². The normalized spacial score (nSPS) is 41.3. The van der Waals surface area contributed by atoms with Gasteiger partial charge in [-0.2, -0.15) is 0 Å². The molecule has 1 aliphatic rings. The van der Waals surface area contributed by atoms with Gasteiger partial charge in [0.05, 0.1) is 0 Å². The Morgan fingerprint density at radius 2 is 2.33 bits per heavy atom. The summed E-state index contributed by atoms with van der Waals surface area (Å²) >= 11 is 5.51. The van der Waals surface area contributed by atoms with Crippen LogP contribution in [0, 0.1) is 18.3 Å². The number of alkyl halides is 1. The van der Waals surface area contributed by atoms with Gasteiger partial charge in [0.1, 0.15) is 0 Å².